The van der Waals surface area contributed by atoms with Crippen molar-refractivity contribution in [2.45, 2.75) is 38.3 Å². The van der Waals surface area contributed by atoms with Gasteiger partial charge in [0.25, 0.3) is 0 Å². The van der Waals surface area contributed by atoms with Crippen molar-refractivity contribution < 1.29 is 4.79 Å². The normalized spacial score (nSPS) is 18.9. The molecule has 94 valence electrons. The molecular weight excluding hydrogens is 216 g/mol. The first kappa shape index (κ1) is 12.1. The average Bonchev–Trinajstić information content (AvgIpc) is 3.06. The number of hydrogen-bond acceptors (Lipinski definition) is 3. The van der Waals surface area contributed by atoms with E-state index in [0.29, 0.717) is 12.5 Å². The maximum atomic E-state index is 11.8. The van der Waals surface area contributed by atoms with Gasteiger partial charge >= 0.3 is 0 Å². The number of carbonyl (C=O) groups excluding carboxylic acids is 1. The molecule has 1 atom stereocenters. The van der Waals surface area contributed by atoms with Crippen LogP contribution >= 0.6 is 0 Å². The Morgan fingerprint density at radius 3 is 2.88 bits per heavy atom. The van der Waals surface area contributed by atoms with Crippen LogP contribution in [-0.2, 0) is 17.8 Å². The van der Waals surface area contributed by atoms with Gasteiger partial charge in [-0.15, -0.1) is 0 Å². The summed E-state index contributed by atoms with van der Waals surface area (Å²) >= 11 is 0. The predicted molar refractivity (Wildman–Crippen MR) is 65.3 cm³/mol. The number of nitrogens with zero attached hydrogens (tertiary/aromatic N) is 2. The Kier molecular flexibility index (Phi) is 3.19. The van der Waals surface area contributed by atoms with Crippen LogP contribution in [0.3, 0.4) is 0 Å². The highest BCUT2D eigenvalue weighted by Crippen LogP contribution is 2.40. The maximum absolute atomic E-state index is 11.8. The molecule has 2 rings (SSSR count). The Balaban J connectivity index is 2.26. The fourth-order valence-corrected chi connectivity index (χ4v) is 2.46. The number of aryl methyl sites for hydroxylation is 1. The van der Waals surface area contributed by atoms with Crippen LogP contribution in [-0.4, -0.2) is 28.0 Å². The molecule has 1 amide bonds. The van der Waals surface area contributed by atoms with E-state index in [1.807, 2.05) is 17.8 Å². The minimum absolute atomic E-state index is 0.266. The monoisotopic (exact) mass is 236 g/mol. The van der Waals surface area contributed by atoms with Gasteiger partial charge in [0.05, 0.1) is 6.54 Å². The molecule has 5 nitrogen and oxygen atoms in total. The van der Waals surface area contributed by atoms with Gasteiger partial charge in [-0.2, -0.15) is 0 Å². The number of likely N-dealkylation sites (N-methyl/N-ethyl adjacent to an activating group) is 1. The lowest BCUT2D eigenvalue weighted by Gasteiger charge is -2.31. The molecule has 0 radical (unpaired) electrons. The van der Waals surface area contributed by atoms with Crippen LogP contribution in [0.1, 0.15) is 25.6 Å². The lowest BCUT2D eigenvalue weighted by Crippen LogP contribution is -2.58. The number of hydrogen-bond donors (Lipinski definition) is 2. The summed E-state index contributed by atoms with van der Waals surface area (Å²) < 4.78 is 2.03. The minimum Gasteiger partial charge on any atom is -0.368 e. The van der Waals surface area contributed by atoms with Crippen molar-refractivity contribution in [3.05, 3.63) is 18.2 Å². The second kappa shape index (κ2) is 4.49. The third kappa shape index (κ3) is 2.07. The smallest absolute Gasteiger partial charge is 0.239 e. The van der Waals surface area contributed by atoms with Crippen LogP contribution < -0.4 is 11.1 Å². The summed E-state index contributed by atoms with van der Waals surface area (Å²) in [6.07, 6.45) is 6.68. The van der Waals surface area contributed by atoms with E-state index in [4.69, 9.17) is 5.73 Å². The summed E-state index contributed by atoms with van der Waals surface area (Å²) in [4.78, 5) is 16.1. The number of imidazole rings is 1. The zero-order valence-corrected chi connectivity index (χ0v) is 10.4. The lowest BCUT2D eigenvalue weighted by molar-refractivity contribution is -0.125. The van der Waals surface area contributed by atoms with Gasteiger partial charge in [0.1, 0.15) is 11.4 Å². The molecule has 1 fully saturated rings. The number of primary amides is 1. The maximum Gasteiger partial charge on any atom is 0.239 e. The fourth-order valence-electron chi connectivity index (χ4n) is 2.46. The highest BCUT2D eigenvalue weighted by Gasteiger charge is 2.49. The Morgan fingerprint density at radius 1 is 1.71 bits per heavy atom. The molecule has 3 N–H and O–H groups in total. The fraction of sp³-hybridized carbons (Fsp3) is 0.667. The van der Waals surface area contributed by atoms with Crippen LogP contribution in [0.15, 0.2) is 12.4 Å². The third-order valence-electron chi connectivity index (χ3n) is 3.70. The Bertz CT molecular complexity index is 410. The van der Waals surface area contributed by atoms with Crippen molar-refractivity contribution in [3.63, 3.8) is 0 Å². The van der Waals surface area contributed by atoms with Gasteiger partial charge in [-0.25, -0.2) is 4.98 Å². The van der Waals surface area contributed by atoms with E-state index in [1.54, 1.807) is 6.20 Å². The topological polar surface area (TPSA) is 72.9 Å². The van der Waals surface area contributed by atoms with Crippen LogP contribution in [0, 0.1) is 5.92 Å². The first-order chi connectivity index (χ1) is 8.14. The molecule has 5 heteroatoms. The summed E-state index contributed by atoms with van der Waals surface area (Å²) in [5.41, 5.74) is 4.98. The Hall–Kier alpha value is -1.36. The number of rotatable bonds is 6. The van der Waals surface area contributed by atoms with E-state index in [-0.39, 0.29) is 5.91 Å². The van der Waals surface area contributed by atoms with E-state index in [0.717, 1.165) is 25.1 Å². The van der Waals surface area contributed by atoms with Crippen LogP contribution in [0.4, 0.5) is 0 Å². The molecular formula is C12H20N4O. The van der Waals surface area contributed by atoms with E-state index >= 15 is 0 Å². The highest BCUT2D eigenvalue weighted by atomic mass is 16.1. The van der Waals surface area contributed by atoms with Crippen molar-refractivity contribution in [2.24, 2.45) is 11.7 Å². The van der Waals surface area contributed by atoms with E-state index in [2.05, 4.69) is 17.2 Å². The summed E-state index contributed by atoms with van der Waals surface area (Å²) in [5, 5.41) is 3.14. The standard InChI is InChI=1S/C12H20N4O/c1-3-10-15-6-7-16(10)8-12(14-2,11(13)17)9-4-5-9/h6-7,9,14H,3-5,8H2,1-2H3,(H2,13,17). The summed E-state index contributed by atoms with van der Waals surface area (Å²) in [6, 6.07) is 0. The largest absolute Gasteiger partial charge is 0.368 e. The van der Waals surface area contributed by atoms with Crippen LogP contribution in [0.2, 0.25) is 0 Å². The Morgan fingerprint density at radius 2 is 2.41 bits per heavy atom. The van der Waals surface area contributed by atoms with E-state index in [9.17, 15) is 4.79 Å². The van der Waals surface area contributed by atoms with Crippen molar-refractivity contribution >= 4 is 5.91 Å². The third-order valence-corrected chi connectivity index (χ3v) is 3.70. The first-order valence-electron chi connectivity index (χ1n) is 6.13. The van der Waals surface area contributed by atoms with Gasteiger partial charge in [-0.3, -0.25) is 4.79 Å². The Labute approximate surface area is 101 Å². The molecule has 0 aromatic carbocycles. The molecule has 1 aromatic rings. The van der Waals surface area contributed by atoms with Crippen LogP contribution in [0.5, 0.6) is 0 Å². The molecule has 0 aliphatic heterocycles. The van der Waals surface area contributed by atoms with Gasteiger partial charge in [0.15, 0.2) is 0 Å². The predicted octanol–water partition coefficient (Wildman–Crippen LogP) is 0.299. The SMILES string of the molecule is CCc1nccn1CC(NC)(C(N)=O)C1CC1. The molecule has 1 aliphatic rings. The van der Waals surface area contributed by atoms with Gasteiger partial charge in [0, 0.05) is 18.8 Å². The van der Waals surface area contributed by atoms with Crippen molar-refractivity contribution in [1.29, 1.82) is 0 Å². The average molecular weight is 236 g/mol. The van der Waals surface area contributed by atoms with Gasteiger partial charge in [0.2, 0.25) is 5.91 Å². The van der Waals surface area contributed by atoms with Gasteiger partial charge in [-0.05, 0) is 25.8 Å². The molecule has 1 heterocycles. The van der Waals surface area contributed by atoms with Crippen molar-refractivity contribution in [1.82, 2.24) is 14.9 Å². The summed E-state index contributed by atoms with van der Waals surface area (Å²) in [7, 11) is 1.81. The summed E-state index contributed by atoms with van der Waals surface area (Å²) in [6.45, 7) is 2.63. The van der Waals surface area contributed by atoms with E-state index < -0.39 is 5.54 Å². The van der Waals surface area contributed by atoms with Crippen molar-refractivity contribution in [2.75, 3.05) is 7.05 Å². The lowest BCUT2D eigenvalue weighted by atomic mass is 9.92. The van der Waals surface area contributed by atoms with E-state index in [1.165, 1.54) is 0 Å². The molecule has 1 aromatic heterocycles. The molecule has 17 heavy (non-hydrogen) atoms. The number of aromatic nitrogens is 2. The molecule has 1 aliphatic carbocycles. The van der Waals surface area contributed by atoms with Gasteiger partial charge in [-0.1, -0.05) is 6.92 Å². The highest BCUT2D eigenvalue weighted by molar-refractivity contribution is 5.85. The van der Waals surface area contributed by atoms with Crippen molar-refractivity contribution in [3.8, 4) is 0 Å². The molecule has 1 unspecified atom stereocenters. The zero-order valence-electron chi connectivity index (χ0n) is 10.4. The number of amides is 1. The number of nitrogens with two attached hydrogens (primary N) is 1. The minimum atomic E-state index is -0.620. The molecule has 0 saturated heterocycles. The zero-order chi connectivity index (χ0) is 12.5. The molecule has 0 bridgehead atoms. The quantitative estimate of drug-likeness (QED) is 0.746. The molecule has 1 saturated carbocycles. The van der Waals surface area contributed by atoms with Crippen LogP contribution in [0.25, 0.3) is 0 Å². The number of carbonyl (C=O) groups is 1. The molecule has 0 spiro atoms. The second-order valence-corrected chi connectivity index (χ2v) is 4.68. The first-order valence-corrected chi connectivity index (χ1v) is 6.13. The second-order valence-electron chi connectivity index (χ2n) is 4.68. The number of nitrogens with one attached hydrogen (secondary N) is 1. The summed E-state index contributed by atoms with van der Waals surface area (Å²) in [5.74, 6) is 1.09. The van der Waals surface area contributed by atoms with Gasteiger partial charge < -0.3 is 15.6 Å².